The van der Waals surface area contributed by atoms with Gasteiger partial charge in [-0.25, -0.2) is 9.78 Å². The zero-order valence-electron chi connectivity index (χ0n) is 9.73. The molecule has 0 saturated heterocycles. The molecule has 1 saturated carbocycles. The minimum absolute atomic E-state index is 0.0132. The third-order valence-electron chi connectivity index (χ3n) is 3.11. The highest BCUT2D eigenvalue weighted by molar-refractivity contribution is 6.00. The number of rotatable bonds is 3. The van der Waals surface area contributed by atoms with E-state index in [1.807, 2.05) is 13.8 Å². The Kier molecular flexibility index (Phi) is 2.61. The van der Waals surface area contributed by atoms with Crippen molar-refractivity contribution in [2.75, 3.05) is 5.32 Å². The molecule has 2 rings (SSSR count). The molecule has 1 heterocycles. The summed E-state index contributed by atoms with van der Waals surface area (Å²) >= 11 is 0. The Morgan fingerprint density at radius 1 is 1.53 bits per heavy atom. The number of amides is 1. The molecule has 0 bridgehead atoms. The normalized spacial score (nSPS) is 20.7. The van der Waals surface area contributed by atoms with Crippen LogP contribution < -0.4 is 5.32 Å². The molecule has 90 valence electrons. The van der Waals surface area contributed by atoms with E-state index in [1.165, 1.54) is 18.3 Å². The Bertz CT molecular complexity index is 482. The van der Waals surface area contributed by atoms with Gasteiger partial charge in [-0.2, -0.15) is 0 Å². The lowest BCUT2D eigenvalue weighted by Gasteiger charge is -2.07. The van der Waals surface area contributed by atoms with Crippen LogP contribution in [0.25, 0.3) is 0 Å². The van der Waals surface area contributed by atoms with Crippen LogP contribution in [0.1, 0.15) is 30.6 Å². The number of nitrogens with one attached hydrogen (secondary N) is 1. The molecule has 1 atom stereocenters. The van der Waals surface area contributed by atoms with Crippen molar-refractivity contribution in [1.82, 2.24) is 4.98 Å². The van der Waals surface area contributed by atoms with Crippen LogP contribution in [0.5, 0.6) is 0 Å². The summed E-state index contributed by atoms with van der Waals surface area (Å²) in [6.45, 7) is 4.02. The number of carbonyl (C=O) groups is 2. The molecular formula is C12H14N2O3. The molecule has 0 spiro atoms. The maximum absolute atomic E-state index is 11.8. The number of anilines is 1. The van der Waals surface area contributed by atoms with Gasteiger partial charge in [0, 0.05) is 12.1 Å². The van der Waals surface area contributed by atoms with Crippen molar-refractivity contribution in [1.29, 1.82) is 0 Å². The molecule has 5 heteroatoms. The number of nitrogens with zero attached hydrogens (tertiary/aromatic N) is 1. The van der Waals surface area contributed by atoms with E-state index in [9.17, 15) is 9.59 Å². The van der Waals surface area contributed by atoms with Crippen molar-refractivity contribution in [3.05, 3.63) is 23.9 Å². The lowest BCUT2D eigenvalue weighted by atomic mass is 10.1. The van der Waals surface area contributed by atoms with Crippen LogP contribution in [0.4, 0.5) is 5.82 Å². The first-order valence-corrected chi connectivity index (χ1v) is 5.41. The van der Waals surface area contributed by atoms with Crippen LogP contribution in [0.3, 0.4) is 0 Å². The van der Waals surface area contributed by atoms with E-state index in [4.69, 9.17) is 5.11 Å². The van der Waals surface area contributed by atoms with Crippen LogP contribution in [-0.2, 0) is 4.79 Å². The van der Waals surface area contributed by atoms with Crippen molar-refractivity contribution in [2.24, 2.45) is 11.3 Å². The van der Waals surface area contributed by atoms with Crippen LogP contribution in [0.15, 0.2) is 18.3 Å². The summed E-state index contributed by atoms with van der Waals surface area (Å²) in [5, 5.41) is 11.5. The van der Waals surface area contributed by atoms with Crippen molar-refractivity contribution in [3.8, 4) is 0 Å². The number of aromatic nitrogens is 1. The minimum atomic E-state index is -1.09. The summed E-state index contributed by atoms with van der Waals surface area (Å²) < 4.78 is 0. The summed E-state index contributed by atoms with van der Waals surface area (Å²) in [6, 6.07) is 2.95. The molecule has 0 aliphatic heterocycles. The lowest BCUT2D eigenvalue weighted by Crippen LogP contribution is -2.19. The Hall–Kier alpha value is -1.91. The second-order valence-electron chi connectivity index (χ2n) is 4.94. The monoisotopic (exact) mass is 234 g/mol. The Balaban J connectivity index is 2.14. The summed E-state index contributed by atoms with van der Waals surface area (Å²) in [4.78, 5) is 26.6. The molecule has 1 aliphatic carbocycles. The van der Waals surface area contributed by atoms with Crippen LogP contribution in [-0.4, -0.2) is 22.0 Å². The fourth-order valence-electron chi connectivity index (χ4n) is 1.80. The molecule has 1 aromatic rings. The number of carboxylic acid groups (broad SMARTS) is 1. The quantitative estimate of drug-likeness (QED) is 0.835. The van der Waals surface area contributed by atoms with Crippen molar-refractivity contribution in [2.45, 2.75) is 20.3 Å². The largest absolute Gasteiger partial charge is 0.478 e. The predicted octanol–water partition coefficient (Wildman–Crippen LogP) is 1.76. The molecule has 5 nitrogen and oxygen atoms in total. The van der Waals surface area contributed by atoms with E-state index in [-0.39, 0.29) is 28.6 Å². The number of aromatic carboxylic acids is 1. The molecule has 2 N–H and O–H groups in total. The van der Waals surface area contributed by atoms with Crippen LogP contribution in [0, 0.1) is 11.3 Å². The van der Waals surface area contributed by atoms with E-state index in [2.05, 4.69) is 10.3 Å². The van der Waals surface area contributed by atoms with E-state index in [0.29, 0.717) is 0 Å². The number of hydrogen-bond acceptors (Lipinski definition) is 3. The van der Waals surface area contributed by atoms with Gasteiger partial charge in [-0.05, 0) is 24.0 Å². The first kappa shape index (κ1) is 11.6. The molecule has 0 radical (unpaired) electrons. The van der Waals surface area contributed by atoms with Gasteiger partial charge < -0.3 is 10.4 Å². The van der Waals surface area contributed by atoms with Gasteiger partial charge in [0.1, 0.15) is 11.4 Å². The summed E-state index contributed by atoms with van der Waals surface area (Å²) in [5.41, 5.74) is 0.0294. The van der Waals surface area contributed by atoms with Gasteiger partial charge in [-0.1, -0.05) is 13.8 Å². The van der Waals surface area contributed by atoms with Gasteiger partial charge in [0.15, 0.2) is 0 Å². The first-order chi connectivity index (χ1) is 7.92. The van der Waals surface area contributed by atoms with Crippen LogP contribution >= 0.6 is 0 Å². The highest BCUT2D eigenvalue weighted by Gasteiger charge is 2.50. The van der Waals surface area contributed by atoms with Crippen molar-refractivity contribution in [3.63, 3.8) is 0 Å². The van der Waals surface area contributed by atoms with Gasteiger partial charge in [0.25, 0.3) is 0 Å². The zero-order valence-corrected chi connectivity index (χ0v) is 9.73. The van der Waals surface area contributed by atoms with E-state index in [0.717, 1.165) is 6.42 Å². The van der Waals surface area contributed by atoms with Crippen molar-refractivity contribution < 1.29 is 14.7 Å². The van der Waals surface area contributed by atoms with Gasteiger partial charge in [-0.3, -0.25) is 4.79 Å². The molecule has 0 aromatic carbocycles. The third-order valence-corrected chi connectivity index (χ3v) is 3.11. The maximum Gasteiger partial charge on any atom is 0.339 e. The Morgan fingerprint density at radius 2 is 2.18 bits per heavy atom. The Morgan fingerprint density at radius 3 is 2.71 bits per heavy atom. The number of hydrogen-bond donors (Lipinski definition) is 2. The maximum atomic E-state index is 11.8. The fraction of sp³-hybridized carbons (Fsp3) is 0.417. The topological polar surface area (TPSA) is 79.3 Å². The van der Waals surface area contributed by atoms with Crippen LogP contribution in [0.2, 0.25) is 0 Å². The predicted molar refractivity (Wildman–Crippen MR) is 61.7 cm³/mol. The summed E-state index contributed by atoms with van der Waals surface area (Å²) in [6.07, 6.45) is 2.29. The number of carbonyl (C=O) groups excluding carboxylic acids is 1. The Labute approximate surface area is 98.9 Å². The second-order valence-corrected chi connectivity index (χ2v) is 4.94. The molecule has 17 heavy (non-hydrogen) atoms. The average Bonchev–Trinajstić information content (AvgIpc) is 2.88. The smallest absolute Gasteiger partial charge is 0.339 e. The fourth-order valence-corrected chi connectivity index (χ4v) is 1.80. The standard InChI is InChI=1S/C12H14N2O3/c1-12(2)6-8(12)10(15)14-9-7(11(16)17)4-3-5-13-9/h3-5,8H,6H2,1-2H3,(H,16,17)(H,13,14,15). The van der Waals surface area contributed by atoms with E-state index < -0.39 is 5.97 Å². The zero-order chi connectivity index (χ0) is 12.6. The van der Waals surface area contributed by atoms with Gasteiger partial charge in [0.05, 0.1) is 0 Å². The first-order valence-electron chi connectivity index (χ1n) is 5.41. The molecule has 1 aromatic heterocycles. The number of pyridine rings is 1. The van der Waals surface area contributed by atoms with Gasteiger partial charge >= 0.3 is 5.97 Å². The number of carboxylic acids is 1. The average molecular weight is 234 g/mol. The summed E-state index contributed by atoms with van der Waals surface area (Å²) in [5.74, 6) is -1.18. The molecule has 1 fully saturated rings. The van der Waals surface area contributed by atoms with E-state index in [1.54, 1.807) is 0 Å². The molecular weight excluding hydrogens is 220 g/mol. The highest BCUT2D eigenvalue weighted by Crippen LogP contribution is 2.51. The summed E-state index contributed by atoms with van der Waals surface area (Å²) in [7, 11) is 0. The third kappa shape index (κ3) is 2.27. The molecule has 1 aliphatic rings. The van der Waals surface area contributed by atoms with Crippen molar-refractivity contribution >= 4 is 17.7 Å². The second kappa shape index (κ2) is 3.84. The molecule has 1 unspecified atom stereocenters. The highest BCUT2D eigenvalue weighted by atomic mass is 16.4. The van der Waals surface area contributed by atoms with E-state index >= 15 is 0 Å². The lowest BCUT2D eigenvalue weighted by molar-refractivity contribution is -0.118. The van der Waals surface area contributed by atoms with Gasteiger partial charge in [-0.15, -0.1) is 0 Å². The molecule has 1 amide bonds. The minimum Gasteiger partial charge on any atom is -0.478 e. The SMILES string of the molecule is CC1(C)CC1C(=O)Nc1ncccc1C(=O)O. The van der Waals surface area contributed by atoms with Gasteiger partial charge in [0.2, 0.25) is 5.91 Å².